The van der Waals surface area contributed by atoms with E-state index in [1.807, 2.05) is 45.3 Å². The fraction of sp³-hybridized carbons (Fsp3) is 0.500. The van der Waals surface area contributed by atoms with Crippen LogP contribution in [0.4, 0.5) is 0 Å². The summed E-state index contributed by atoms with van der Waals surface area (Å²) in [6.07, 6.45) is 7.78. The lowest BCUT2D eigenvalue weighted by molar-refractivity contribution is 0.483. The molecule has 0 aliphatic carbocycles. The van der Waals surface area contributed by atoms with Crippen LogP contribution in [0.5, 0.6) is 0 Å². The van der Waals surface area contributed by atoms with Gasteiger partial charge in [0.1, 0.15) is 5.82 Å². The van der Waals surface area contributed by atoms with Gasteiger partial charge >= 0.3 is 0 Å². The molecule has 1 aliphatic rings. The Hall–Kier alpha value is -1.05. The minimum absolute atomic E-state index is 0.980. The molecule has 0 bridgehead atoms. The zero-order valence-electron chi connectivity index (χ0n) is 8.41. The molecule has 2 heteroatoms. The maximum Gasteiger partial charge on any atom is 0.128 e. The molecule has 1 aliphatic heterocycles. The Bertz CT molecular complexity index is 190. The first kappa shape index (κ1) is 11.0. The van der Waals surface area contributed by atoms with Crippen LogP contribution in [-0.2, 0) is 0 Å². The van der Waals surface area contributed by atoms with Crippen LogP contribution >= 0.6 is 0 Å². The predicted molar refractivity (Wildman–Crippen MR) is 55.1 cm³/mol. The summed E-state index contributed by atoms with van der Waals surface area (Å²) in [6.45, 7) is 9.08. The van der Waals surface area contributed by atoms with E-state index in [9.17, 15) is 0 Å². The summed E-state index contributed by atoms with van der Waals surface area (Å²) in [5.41, 5.74) is 0. The monoisotopic (exact) mass is 166 g/mol. The predicted octanol–water partition coefficient (Wildman–Crippen LogP) is 2.79. The highest BCUT2D eigenvalue weighted by atomic mass is 15.2. The van der Waals surface area contributed by atoms with Crippen molar-refractivity contribution in [3.05, 3.63) is 24.2 Å². The minimum atomic E-state index is 0.980. The third-order valence-electron chi connectivity index (χ3n) is 1.45. The molecule has 1 rings (SSSR count). The Morgan fingerprint density at radius 2 is 2.17 bits per heavy atom. The van der Waals surface area contributed by atoms with Crippen molar-refractivity contribution in [2.75, 3.05) is 6.54 Å². The summed E-state index contributed by atoms with van der Waals surface area (Å²) in [6, 6.07) is 0. The van der Waals surface area contributed by atoms with Crippen LogP contribution in [0, 0.1) is 0 Å². The first-order valence-corrected chi connectivity index (χ1v) is 4.52. The molecule has 12 heavy (non-hydrogen) atoms. The fourth-order valence-corrected chi connectivity index (χ4v) is 0.920. The SMILES string of the molecule is C/C=C1/N=CC=CN1CC.CC. The minimum Gasteiger partial charge on any atom is -0.334 e. The molecule has 0 aromatic carbocycles. The standard InChI is InChI=1S/C8H12N2.C2H6/c1-3-8-9-6-5-7-10(8)4-2;1-2/h3,5-7H,4H2,1-2H3;1-2H3/b8-3-;. The second-order valence-electron chi connectivity index (χ2n) is 2.05. The molecular formula is C10H18N2. The van der Waals surface area contributed by atoms with Gasteiger partial charge in [0.15, 0.2) is 0 Å². The highest BCUT2D eigenvalue weighted by Gasteiger charge is 2.01. The van der Waals surface area contributed by atoms with Crippen molar-refractivity contribution in [3.8, 4) is 0 Å². The summed E-state index contributed by atoms with van der Waals surface area (Å²) in [5, 5.41) is 0. The lowest BCUT2D eigenvalue weighted by atomic mass is 10.4. The van der Waals surface area contributed by atoms with Crippen LogP contribution in [0.3, 0.4) is 0 Å². The molecule has 2 nitrogen and oxygen atoms in total. The quantitative estimate of drug-likeness (QED) is 0.585. The van der Waals surface area contributed by atoms with Gasteiger partial charge in [0, 0.05) is 19.0 Å². The van der Waals surface area contributed by atoms with Crippen molar-refractivity contribution >= 4 is 6.21 Å². The Labute approximate surface area is 75.3 Å². The van der Waals surface area contributed by atoms with E-state index in [4.69, 9.17) is 0 Å². The van der Waals surface area contributed by atoms with E-state index >= 15 is 0 Å². The molecule has 1 heterocycles. The van der Waals surface area contributed by atoms with Crippen LogP contribution in [0.1, 0.15) is 27.7 Å². The van der Waals surface area contributed by atoms with Gasteiger partial charge in [-0.2, -0.15) is 0 Å². The molecule has 0 saturated heterocycles. The lowest BCUT2D eigenvalue weighted by Gasteiger charge is -2.19. The van der Waals surface area contributed by atoms with Gasteiger partial charge in [0.25, 0.3) is 0 Å². The second-order valence-corrected chi connectivity index (χ2v) is 2.05. The largest absolute Gasteiger partial charge is 0.334 e. The first-order chi connectivity index (χ1) is 5.88. The second kappa shape index (κ2) is 6.65. The van der Waals surface area contributed by atoms with Gasteiger partial charge in [-0.3, -0.25) is 0 Å². The van der Waals surface area contributed by atoms with Gasteiger partial charge in [-0.1, -0.05) is 13.8 Å². The summed E-state index contributed by atoms with van der Waals surface area (Å²) in [5.74, 6) is 1.03. The molecule has 0 aromatic heterocycles. The van der Waals surface area contributed by atoms with Crippen molar-refractivity contribution in [3.63, 3.8) is 0 Å². The maximum absolute atomic E-state index is 4.18. The molecule has 0 fully saturated rings. The molecule has 68 valence electrons. The van der Waals surface area contributed by atoms with E-state index in [2.05, 4.69) is 16.8 Å². The molecule has 0 spiro atoms. The number of hydrogen-bond acceptors (Lipinski definition) is 2. The van der Waals surface area contributed by atoms with Crippen LogP contribution in [-0.4, -0.2) is 17.7 Å². The number of allylic oxidation sites excluding steroid dienone is 2. The first-order valence-electron chi connectivity index (χ1n) is 4.52. The maximum atomic E-state index is 4.18. The van der Waals surface area contributed by atoms with Crippen LogP contribution in [0.25, 0.3) is 0 Å². The Balaban J connectivity index is 0.000000561. The molecule has 0 N–H and O–H groups in total. The molecular weight excluding hydrogens is 148 g/mol. The van der Waals surface area contributed by atoms with E-state index in [1.54, 1.807) is 0 Å². The summed E-state index contributed by atoms with van der Waals surface area (Å²) in [4.78, 5) is 6.27. The summed E-state index contributed by atoms with van der Waals surface area (Å²) < 4.78 is 0. The van der Waals surface area contributed by atoms with Crippen LogP contribution in [0.15, 0.2) is 29.2 Å². The number of hydrogen-bond donors (Lipinski definition) is 0. The fourth-order valence-electron chi connectivity index (χ4n) is 0.920. The number of aliphatic imine (C=N–C) groups is 1. The van der Waals surface area contributed by atoms with E-state index in [1.165, 1.54) is 0 Å². The molecule has 0 amide bonds. The average Bonchev–Trinajstić information content (AvgIpc) is 2.20. The van der Waals surface area contributed by atoms with Crippen molar-refractivity contribution in [2.45, 2.75) is 27.7 Å². The highest BCUT2D eigenvalue weighted by Crippen LogP contribution is 2.08. The lowest BCUT2D eigenvalue weighted by Crippen LogP contribution is -2.16. The zero-order valence-corrected chi connectivity index (χ0v) is 8.41. The summed E-state index contributed by atoms with van der Waals surface area (Å²) >= 11 is 0. The van der Waals surface area contributed by atoms with Gasteiger partial charge in [0.2, 0.25) is 0 Å². The van der Waals surface area contributed by atoms with E-state index in [0.29, 0.717) is 0 Å². The molecule has 0 atom stereocenters. The normalized spacial score (nSPS) is 17.7. The topological polar surface area (TPSA) is 15.6 Å². The van der Waals surface area contributed by atoms with Crippen LogP contribution < -0.4 is 0 Å². The Morgan fingerprint density at radius 1 is 1.50 bits per heavy atom. The number of rotatable bonds is 1. The van der Waals surface area contributed by atoms with E-state index in [0.717, 1.165) is 12.4 Å². The third kappa shape index (κ3) is 2.91. The van der Waals surface area contributed by atoms with Gasteiger partial charge in [0.05, 0.1) is 0 Å². The van der Waals surface area contributed by atoms with E-state index < -0.39 is 0 Å². The van der Waals surface area contributed by atoms with Gasteiger partial charge < -0.3 is 4.90 Å². The molecule has 0 unspecified atom stereocenters. The zero-order chi connectivity index (χ0) is 9.40. The number of nitrogens with zero attached hydrogens (tertiary/aromatic N) is 2. The average molecular weight is 166 g/mol. The van der Waals surface area contributed by atoms with Crippen molar-refractivity contribution in [1.29, 1.82) is 0 Å². The van der Waals surface area contributed by atoms with Crippen molar-refractivity contribution in [2.24, 2.45) is 4.99 Å². The van der Waals surface area contributed by atoms with Crippen molar-refractivity contribution < 1.29 is 0 Å². The van der Waals surface area contributed by atoms with Crippen LogP contribution in [0.2, 0.25) is 0 Å². The third-order valence-corrected chi connectivity index (χ3v) is 1.45. The molecule has 0 radical (unpaired) electrons. The molecule has 0 aromatic rings. The van der Waals surface area contributed by atoms with Gasteiger partial charge in [-0.25, -0.2) is 4.99 Å². The van der Waals surface area contributed by atoms with Gasteiger partial charge in [-0.15, -0.1) is 0 Å². The Kier molecular flexibility index (Phi) is 6.07. The van der Waals surface area contributed by atoms with Crippen molar-refractivity contribution in [1.82, 2.24) is 4.90 Å². The van der Waals surface area contributed by atoms with E-state index in [-0.39, 0.29) is 0 Å². The molecule has 0 saturated carbocycles. The highest BCUT2D eigenvalue weighted by molar-refractivity contribution is 5.73. The van der Waals surface area contributed by atoms with Gasteiger partial charge in [-0.05, 0) is 26.0 Å². The smallest absolute Gasteiger partial charge is 0.128 e. The Morgan fingerprint density at radius 3 is 2.58 bits per heavy atom. The summed E-state index contributed by atoms with van der Waals surface area (Å²) in [7, 11) is 0.